The molecule has 0 bridgehead atoms. The summed E-state index contributed by atoms with van der Waals surface area (Å²) in [5.74, 6) is 1.68. The summed E-state index contributed by atoms with van der Waals surface area (Å²) < 4.78 is 0. The number of nitrogens with one attached hydrogen (secondary N) is 1. The van der Waals surface area contributed by atoms with Gasteiger partial charge in [0.05, 0.1) is 5.60 Å². The van der Waals surface area contributed by atoms with Gasteiger partial charge in [-0.05, 0) is 37.5 Å². The largest absolute Gasteiger partial charge is 0.389 e. The molecule has 0 heterocycles. The molecule has 0 radical (unpaired) electrons. The Bertz CT molecular complexity index is 245. The second-order valence-electron chi connectivity index (χ2n) is 6.73. The lowest BCUT2D eigenvalue weighted by Crippen LogP contribution is -2.45. The van der Waals surface area contributed by atoms with Gasteiger partial charge in [0.15, 0.2) is 0 Å². The summed E-state index contributed by atoms with van der Waals surface area (Å²) >= 11 is 0. The topological polar surface area (TPSA) is 32.3 Å². The summed E-state index contributed by atoms with van der Waals surface area (Å²) in [5.41, 5.74) is -0.416. The first-order valence-corrected chi connectivity index (χ1v) is 8.10. The predicted octanol–water partition coefficient (Wildman–Crippen LogP) is 3.49. The van der Waals surface area contributed by atoms with E-state index >= 15 is 0 Å². The number of rotatable bonds is 4. The molecular formula is C16H31NO. The van der Waals surface area contributed by atoms with Crippen LogP contribution in [0.4, 0.5) is 0 Å². The smallest absolute Gasteiger partial charge is 0.0771 e. The van der Waals surface area contributed by atoms with Crippen LogP contribution in [0.3, 0.4) is 0 Å². The first-order valence-electron chi connectivity index (χ1n) is 8.10. The predicted molar refractivity (Wildman–Crippen MR) is 76.6 cm³/mol. The van der Waals surface area contributed by atoms with Gasteiger partial charge in [-0.25, -0.2) is 0 Å². The fraction of sp³-hybridized carbons (Fsp3) is 1.00. The highest BCUT2D eigenvalue weighted by molar-refractivity contribution is 4.90. The van der Waals surface area contributed by atoms with Crippen molar-refractivity contribution in [2.24, 2.45) is 11.8 Å². The second kappa shape index (κ2) is 6.38. The molecule has 3 unspecified atom stereocenters. The Morgan fingerprint density at radius 2 is 1.78 bits per heavy atom. The van der Waals surface area contributed by atoms with E-state index in [-0.39, 0.29) is 0 Å². The van der Waals surface area contributed by atoms with E-state index in [1.807, 2.05) is 0 Å². The monoisotopic (exact) mass is 253 g/mol. The van der Waals surface area contributed by atoms with Crippen molar-refractivity contribution < 1.29 is 5.11 Å². The van der Waals surface area contributed by atoms with Crippen LogP contribution in [0.15, 0.2) is 0 Å². The molecule has 0 aromatic rings. The molecule has 0 spiro atoms. The summed E-state index contributed by atoms with van der Waals surface area (Å²) in [5, 5.41) is 14.3. The highest BCUT2D eigenvalue weighted by Gasteiger charge is 2.34. The average molecular weight is 253 g/mol. The third kappa shape index (κ3) is 3.48. The maximum atomic E-state index is 10.7. The highest BCUT2D eigenvalue weighted by atomic mass is 16.3. The van der Waals surface area contributed by atoms with E-state index in [0.29, 0.717) is 6.04 Å². The van der Waals surface area contributed by atoms with Gasteiger partial charge >= 0.3 is 0 Å². The molecule has 0 aromatic carbocycles. The molecule has 106 valence electrons. The van der Waals surface area contributed by atoms with Gasteiger partial charge in [0.25, 0.3) is 0 Å². The van der Waals surface area contributed by atoms with E-state index in [0.717, 1.165) is 31.2 Å². The molecule has 0 aromatic heterocycles. The van der Waals surface area contributed by atoms with Crippen LogP contribution in [-0.4, -0.2) is 23.3 Å². The normalized spacial score (nSPS) is 36.5. The van der Waals surface area contributed by atoms with Crippen molar-refractivity contribution in [1.29, 1.82) is 0 Å². The number of aliphatic hydroxyl groups is 1. The maximum absolute atomic E-state index is 10.7. The van der Waals surface area contributed by atoms with Gasteiger partial charge in [-0.3, -0.25) is 0 Å². The van der Waals surface area contributed by atoms with Crippen molar-refractivity contribution in [2.45, 2.75) is 83.3 Å². The van der Waals surface area contributed by atoms with Crippen LogP contribution in [0, 0.1) is 11.8 Å². The molecule has 0 aliphatic heterocycles. The van der Waals surface area contributed by atoms with Crippen LogP contribution in [0.25, 0.3) is 0 Å². The zero-order valence-corrected chi connectivity index (χ0v) is 12.3. The molecule has 2 nitrogen and oxygen atoms in total. The molecule has 2 N–H and O–H groups in total. The number of hydrogen-bond acceptors (Lipinski definition) is 2. The lowest BCUT2D eigenvalue weighted by Gasteiger charge is -2.30. The quantitative estimate of drug-likeness (QED) is 0.752. The van der Waals surface area contributed by atoms with E-state index in [1.54, 1.807) is 0 Å². The van der Waals surface area contributed by atoms with E-state index in [9.17, 15) is 5.11 Å². The van der Waals surface area contributed by atoms with Crippen molar-refractivity contribution >= 4 is 0 Å². The van der Waals surface area contributed by atoms with E-state index in [2.05, 4.69) is 19.2 Å². The maximum Gasteiger partial charge on any atom is 0.0771 e. The Labute approximate surface area is 113 Å². The Hall–Kier alpha value is -0.0800. The van der Waals surface area contributed by atoms with E-state index in [4.69, 9.17) is 0 Å². The molecule has 2 fully saturated rings. The summed E-state index contributed by atoms with van der Waals surface area (Å²) in [6.45, 7) is 5.51. The van der Waals surface area contributed by atoms with Gasteiger partial charge in [0.2, 0.25) is 0 Å². The SMILES string of the molecule is CCC1CCC(NCC2(O)CCCCCC2)C1C. The van der Waals surface area contributed by atoms with Crippen LogP contribution >= 0.6 is 0 Å². The Morgan fingerprint density at radius 3 is 2.33 bits per heavy atom. The Morgan fingerprint density at radius 1 is 1.11 bits per heavy atom. The molecule has 2 rings (SSSR count). The second-order valence-corrected chi connectivity index (χ2v) is 6.73. The van der Waals surface area contributed by atoms with Gasteiger partial charge in [-0.15, -0.1) is 0 Å². The van der Waals surface area contributed by atoms with E-state index < -0.39 is 5.60 Å². The average Bonchev–Trinajstić information content (AvgIpc) is 2.57. The summed E-state index contributed by atoms with van der Waals surface area (Å²) in [7, 11) is 0. The zero-order chi connectivity index (χ0) is 13.0. The molecule has 0 amide bonds. The van der Waals surface area contributed by atoms with Gasteiger partial charge in [-0.1, -0.05) is 46.0 Å². The standard InChI is InChI=1S/C16H31NO/c1-3-14-8-9-15(13(14)2)17-12-16(18)10-6-4-5-7-11-16/h13-15,17-18H,3-12H2,1-2H3. The van der Waals surface area contributed by atoms with Crippen LogP contribution < -0.4 is 5.32 Å². The molecule has 2 aliphatic carbocycles. The van der Waals surface area contributed by atoms with Crippen molar-refractivity contribution in [3.63, 3.8) is 0 Å². The fourth-order valence-electron chi connectivity index (χ4n) is 4.00. The van der Waals surface area contributed by atoms with Gasteiger partial charge in [-0.2, -0.15) is 0 Å². The summed E-state index contributed by atoms with van der Waals surface area (Å²) in [4.78, 5) is 0. The zero-order valence-electron chi connectivity index (χ0n) is 12.3. The van der Waals surface area contributed by atoms with Crippen LogP contribution in [-0.2, 0) is 0 Å². The minimum absolute atomic E-state index is 0.416. The first-order chi connectivity index (χ1) is 8.64. The van der Waals surface area contributed by atoms with Crippen molar-refractivity contribution in [3.05, 3.63) is 0 Å². The van der Waals surface area contributed by atoms with Gasteiger partial charge in [0.1, 0.15) is 0 Å². The van der Waals surface area contributed by atoms with Gasteiger partial charge < -0.3 is 10.4 Å². The lowest BCUT2D eigenvalue weighted by molar-refractivity contribution is 0.0214. The minimum Gasteiger partial charge on any atom is -0.389 e. The molecule has 18 heavy (non-hydrogen) atoms. The molecule has 2 aliphatic rings. The van der Waals surface area contributed by atoms with Crippen LogP contribution in [0.5, 0.6) is 0 Å². The molecule has 3 atom stereocenters. The molecule has 2 heteroatoms. The Balaban J connectivity index is 1.80. The fourth-order valence-corrected chi connectivity index (χ4v) is 4.00. The van der Waals surface area contributed by atoms with Crippen molar-refractivity contribution in [2.75, 3.05) is 6.54 Å². The van der Waals surface area contributed by atoms with Crippen molar-refractivity contribution in [1.82, 2.24) is 5.32 Å². The number of hydrogen-bond donors (Lipinski definition) is 2. The highest BCUT2D eigenvalue weighted by Crippen LogP contribution is 2.34. The van der Waals surface area contributed by atoms with Gasteiger partial charge in [0, 0.05) is 12.6 Å². The van der Waals surface area contributed by atoms with Crippen LogP contribution in [0.1, 0.15) is 71.6 Å². The lowest BCUT2D eigenvalue weighted by atomic mass is 9.91. The first kappa shape index (κ1) is 14.3. The third-order valence-corrected chi connectivity index (χ3v) is 5.48. The Kier molecular flexibility index (Phi) is 5.08. The minimum atomic E-state index is -0.416. The summed E-state index contributed by atoms with van der Waals surface area (Å²) in [6.07, 6.45) is 11.0. The molecule has 2 saturated carbocycles. The van der Waals surface area contributed by atoms with E-state index in [1.165, 1.54) is 44.9 Å². The van der Waals surface area contributed by atoms with Crippen LogP contribution in [0.2, 0.25) is 0 Å². The molecular weight excluding hydrogens is 222 g/mol. The molecule has 0 saturated heterocycles. The van der Waals surface area contributed by atoms with Crippen molar-refractivity contribution in [3.8, 4) is 0 Å². The summed E-state index contributed by atoms with van der Waals surface area (Å²) in [6, 6.07) is 0.641. The third-order valence-electron chi connectivity index (χ3n) is 5.48.